The molecule has 1 aromatic carbocycles. The van der Waals surface area contributed by atoms with E-state index in [0.717, 1.165) is 11.1 Å². The molecule has 1 heterocycles. The number of primary amides is 1. The quantitative estimate of drug-likeness (QED) is 0.792. The van der Waals surface area contributed by atoms with Gasteiger partial charge in [0.05, 0.1) is 0 Å². The normalized spacial score (nSPS) is 10.3. The maximum absolute atomic E-state index is 13.2. The second kappa shape index (κ2) is 4.44. The molecule has 1 aromatic heterocycles. The first-order valence-electron chi connectivity index (χ1n) is 5.31. The van der Waals surface area contributed by atoms with Crippen LogP contribution in [0.5, 0.6) is 0 Å². The van der Waals surface area contributed by atoms with Crippen LogP contribution in [-0.4, -0.2) is 10.9 Å². The molecule has 4 nitrogen and oxygen atoms in total. The summed E-state index contributed by atoms with van der Waals surface area (Å²) < 4.78 is 13.2. The Morgan fingerprint density at radius 1 is 1.22 bits per heavy atom. The predicted octanol–water partition coefficient (Wildman–Crippen LogP) is 1.88. The van der Waals surface area contributed by atoms with Crippen molar-refractivity contribution in [1.82, 2.24) is 4.98 Å². The molecule has 18 heavy (non-hydrogen) atoms. The lowest BCUT2D eigenvalue weighted by Gasteiger charge is -2.07. The number of anilines is 1. The minimum absolute atomic E-state index is 0.113. The van der Waals surface area contributed by atoms with Crippen molar-refractivity contribution in [3.8, 4) is 11.1 Å². The maximum Gasteiger partial charge on any atom is 0.248 e. The molecule has 1 amide bonds. The van der Waals surface area contributed by atoms with Gasteiger partial charge in [-0.05, 0) is 35.7 Å². The highest BCUT2D eigenvalue weighted by Gasteiger charge is 2.08. The molecular weight excluding hydrogens is 233 g/mol. The average Bonchev–Trinajstić information content (AvgIpc) is 2.26. The third-order valence-corrected chi connectivity index (χ3v) is 2.64. The number of rotatable bonds is 2. The second-order valence-electron chi connectivity index (χ2n) is 4.00. The monoisotopic (exact) mass is 245 g/mol. The van der Waals surface area contributed by atoms with Gasteiger partial charge in [0.15, 0.2) is 0 Å². The molecule has 5 heteroatoms. The van der Waals surface area contributed by atoms with E-state index >= 15 is 0 Å². The van der Waals surface area contributed by atoms with Gasteiger partial charge in [0, 0.05) is 11.6 Å². The van der Waals surface area contributed by atoms with Crippen molar-refractivity contribution in [3.05, 3.63) is 47.4 Å². The predicted molar refractivity (Wildman–Crippen MR) is 67.3 cm³/mol. The molecule has 0 saturated carbocycles. The fourth-order valence-electron chi connectivity index (χ4n) is 1.80. The van der Waals surface area contributed by atoms with Crippen molar-refractivity contribution >= 4 is 11.7 Å². The van der Waals surface area contributed by atoms with Crippen molar-refractivity contribution in [2.75, 3.05) is 5.73 Å². The molecule has 0 aliphatic rings. The molecule has 0 atom stereocenters. The summed E-state index contributed by atoms with van der Waals surface area (Å²) in [5, 5.41) is 0. The summed E-state index contributed by atoms with van der Waals surface area (Å²) in [6.45, 7) is 1.77. The zero-order valence-electron chi connectivity index (χ0n) is 9.77. The number of aryl methyl sites for hydroxylation is 1. The van der Waals surface area contributed by atoms with E-state index in [2.05, 4.69) is 4.98 Å². The third kappa shape index (κ3) is 2.29. The molecule has 92 valence electrons. The summed E-state index contributed by atoms with van der Waals surface area (Å²) in [6, 6.07) is 7.92. The van der Waals surface area contributed by atoms with Crippen LogP contribution in [-0.2, 0) is 0 Å². The molecule has 0 spiro atoms. The molecule has 0 fully saturated rings. The topological polar surface area (TPSA) is 82.0 Å². The van der Waals surface area contributed by atoms with Gasteiger partial charge < -0.3 is 11.5 Å². The Morgan fingerprint density at radius 3 is 2.50 bits per heavy atom. The first-order chi connectivity index (χ1) is 8.47. The van der Waals surface area contributed by atoms with Crippen LogP contribution in [0.25, 0.3) is 11.1 Å². The lowest BCUT2D eigenvalue weighted by molar-refractivity contribution is 0.0999. The number of nitrogens with zero attached hydrogens (tertiary/aromatic N) is 1. The van der Waals surface area contributed by atoms with Gasteiger partial charge in [-0.3, -0.25) is 4.79 Å². The molecule has 2 aromatic rings. The molecular formula is C13H12FN3O. The van der Waals surface area contributed by atoms with Crippen LogP contribution in [0.15, 0.2) is 30.3 Å². The average molecular weight is 245 g/mol. The van der Waals surface area contributed by atoms with E-state index in [-0.39, 0.29) is 5.82 Å². The van der Waals surface area contributed by atoms with E-state index in [1.54, 1.807) is 31.2 Å². The summed E-state index contributed by atoms with van der Waals surface area (Å²) in [4.78, 5) is 14.6. The fraction of sp³-hybridized carbons (Fsp3) is 0.0769. The number of carbonyl (C=O) groups is 1. The van der Waals surface area contributed by atoms with Crippen LogP contribution in [0, 0.1) is 12.9 Å². The van der Waals surface area contributed by atoms with Gasteiger partial charge in [0.1, 0.15) is 5.82 Å². The number of hydrogen-bond donors (Lipinski definition) is 2. The van der Waals surface area contributed by atoms with E-state index in [1.807, 2.05) is 0 Å². The number of carbonyl (C=O) groups excluding carboxylic acids is 1. The summed E-state index contributed by atoms with van der Waals surface area (Å²) in [7, 11) is 0. The maximum atomic E-state index is 13.2. The smallest absolute Gasteiger partial charge is 0.248 e. The largest absolute Gasteiger partial charge is 0.384 e. The second-order valence-corrected chi connectivity index (χ2v) is 4.00. The molecule has 0 aliphatic heterocycles. The van der Waals surface area contributed by atoms with Crippen molar-refractivity contribution in [2.45, 2.75) is 6.92 Å². The summed E-state index contributed by atoms with van der Waals surface area (Å²) in [6.07, 6.45) is 0. The van der Waals surface area contributed by atoms with Gasteiger partial charge in [0.2, 0.25) is 11.9 Å². The van der Waals surface area contributed by atoms with Crippen molar-refractivity contribution < 1.29 is 9.18 Å². The lowest BCUT2D eigenvalue weighted by Crippen LogP contribution is -2.12. The Labute approximate surface area is 103 Å². The van der Waals surface area contributed by atoms with E-state index in [1.165, 1.54) is 6.07 Å². The van der Waals surface area contributed by atoms with Gasteiger partial charge in [-0.2, -0.15) is 4.39 Å². The van der Waals surface area contributed by atoms with E-state index in [0.29, 0.717) is 11.1 Å². The summed E-state index contributed by atoms with van der Waals surface area (Å²) in [5.74, 6) is -1.01. The number of benzene rings is 1. The van der Waals surface area contributed by atoms with Crippen molar-refractivity contribution in [2.24, 2.45) is 5.73 Å². The number of nitrogen functional groups attached to an aromatic ring is 1. The molecule has 0 saturated heterocycles. The van der Waals surface area contributed by atoms with Gasteiger partial charge >= 0.3 is 0 Å². The van der Waals surface area contributed by atoms with Crippen LogP contribution in [0.3, 0.4) is 0 Å². The molecule has 0 unspecified atom stereocenters. The molecule has 4 N–H and O–H groups in total. The lowest BCUT2D eigenvalue weighted by atomic mass is 10.00. The summed E-state index contributed by atoms with van der Waals surface area (Å²) in [5.41, 5.74) is 13.3. The van der Waals surface area contributed by atoms with Crippen molar-refractivity contribution in [3.63, 3.8) is 0 Å². The minimum atomic E-state index is -0.637. The third-order valence-electron chi connectivity index (χ3n) is 2.64. The first kappa shape index (κ1) is 12.0. The van der Waals surface area contributed by atoms with Crippen LogP contribution in [0.1, 0.15) is 15.9 Å². The number of halogens is 1. The number of aromatic nitrogens is 1. The Hall–Kier alpha value is -2.43. The Kier molecular flexibility index (Phi) is 2.97. The van der Waals surface area contributed by atoms with E-state index in [4.69, 9.17) is 11.5 Å². The van der Waals surface area contributed by atoms with E-state index in [9.17, 15) is 9.18 Å². The summed E-state index contributed by atoms with van der Waals surface area (Å²) >= 11 is 0. The standard InChI is InChI=1S/C13H12FN3O/c1-7-4-8(2-3-10(7)13(16)18)9-5-11(14)17-12(15)6-9/h2-6H,1H3,(H2,15,17)(H2,16,18). The Balaban J connectivity index is 2.52. The van der Waals surface area contributed by atoms with Gasteiger partial charge in [-0.1, -0.05) is 12.1 Å². The molecule has 0 radical (unpaired) electrons. The van der Waals surface area contributed by atoms with E-state index < -0.39 is 11.9 Å². The SMILES string of the molecule is Cc1cc(-c2cc(N)nc(F)c2)ccc1C(N)=O. The van der Waals surface area contributed by atoms with Crippen LogP contribution >= 0.6 is 0 Å². The molecule has 2 rings (SSSR count). The fourth-order valence-corrected chi connectivity index (χ4v) is 1.80. The molecule has 0 bridgehead atoms. The highest BCUT2D eigenvalue weighted by molar-refractivity contribution is 5.94. The van der Waals surface area contributed by atoms with Gasteiger partial charge in [-0.25, -0.2) is 4.98 Å². The zero-order valence-corrected chi connectivity index (χ0v) is 9.77. The van der Waals surface area contributed by atoms with Gasteiger partial charge in [0.25, 0.3) is 0 Å². The zero-order chi connectivity index (χ0) is 13.3. The van der Waals surface area contributed by atoms with Crippen molar-refractivity contribution in [1.29, 1.82) is 0 Å². The minimum Gasteiger partial charge on any atom is -0.384 e. The van der Waals surface area contributed by atoms with Crippen LogP contribution < -0.4 is 11.5 Å². The molecule has 0 aliphatic carbocycles. The van der Waals surface area contributed by atoms with Gasteiger partial charge in [-0.15, -0.1) is 0 Å². The number of hydrogen-bond acceptors (Lipinski definition) is 3. The highest BCUT2D eigenvalue weighted by atomic mass is 19.1. The highest BCUT2D eigenvalue weighted by Crippen LogP contribution is 2.24. The Morgan fingerprint density at radius 2 is 1.94 bits per heavy atom. The van der Waals surface area contributed by atoms with Crippen LogP contribution in [0.4, 0.5) is 10.2 Å². The first-order valence-corrected chi connectivity index (χ1v) is 5.31. The number of amides is 1. The Bertz CT molecular complexity index is 605. The van der Waals surface area contributed by atoms with Crippen LogP contribution in [0.2, 0.25) is 0 Å². The number of pyridine rings is 1. The number of nitrogens with two attached hydrogens (primary N) is 2.